The van der Waals surface area contributed by atoms with Crippen LogP contribution < -0.4 is 10.1 Å². The topological polar surface area (TPSA) is 34.1 Å². The molecular weight excluding hydrogens is 212 g/mol. The minimum Gasteiger partial charge on any atom is -0.475 e. The second kappa shape index (κ2) is 5.05. The highest BCUT2D eigenvalue weighted by Crippen LogP contribution is 2.24. The average Bonchev–Trinajstić information content (AvgIpc) is 2.98. The maximum Gasteiger partial charge on any atom is 0.218 e. The smallest absolute Gasteiger partial charge is 0.218 e. The zero-order valence-electron chi connectivity index (χ0n) is 11.2. The Labute approximate surface area is 104 Å². The van der Waals surface area contributed by atoms with Gasteiger partial charge in [0, 0.05) is 23.8 Å². The third-order valence-corrected chi connectivity index (χ3v) is 2.93. The van der Waals surface area contributed by atoms with Gasteiger partial charge in [-0.25, -0.2) is 4.98 Å². The standard InChI is InChI=1S/C14H22N2O/c1-9(2)17-14-13(8-15-12-5-6-12)10(3)7-11(4)16-14/h7,9,12,15H,5-6,8H2,1-4H3. The van der Waals surface area contributed by atoms with E-state index in [4.69, 9.17) is 4.74 Å². The van der Waals surface area contributed by atoms with Crippen LogP contribution in [0.25, 0.3) is 0 Å². The number of ether oxygens (including phenoxy) is 1. The van der Waals surface area contributed by atoms with Crippen molar-refractivity contribution in [3.8, 4) is 5.88 Å². The zero-order chi connectivity index (χ0) is 12.4. The first-order valence-electron chi connectivity index (χ1n) is 6.43. The molecule has 0 unspecified atom stereocenters. The van der Waals surface area contributed by atoms with Crippen molar-refractivity contribution >= 4 is 0 Å². The molecule has 94 valence electrons. The summed E-state index contributed by atoms with van der Waals surface area (Å²) in [6, 6.07) is 2.83. The maximum atomic E-state index is 5.81. The first-order chi connectivity index (χ1) is 8.06. The quantitative estimate of drug-likeness (QED) is 0.850. The Morgan fingerprint density at radius 3 is 2.71 bits per heavy atom. The summed E-state index contributed by atoms with van der Waals surface area (Å²) in [5.41, 5.74) is 3.49. The molecule has 1 N–H and O–H groups in total. The lowest BCUT2D eigenvalue weighted by Crippen LogP contribution is -2.19. The van der Waals surface area contributed by atoms with Gasteiger partial charge in [0.1, 0.15) is 0 Å². The van der Waals surface area contributed by atoms with E-state index in [0.29, 0.717) is 6.04 Å². The molecule has 0 bridgehead atoms. The Balaban J connectivity index is 2.18. The van der Waals surface area contributed by atoms with Crippen LogP contribution in [0.2, 0.25) is 0 Å². The summed E-state index contributed by atoms with van der Waals surface area (Å²) in [6.07, 6.45) is 2.78. The Morgan fingerprint density at radius 2 is 2.12 bits per heavy atom. The summed E-state index contributed by atoms with van der Waals surface area (Å²) in [4.78, 5) is 4.51. The second-order valence-corrected chi connectivity index (χ2v) is 5.19. The van der Waals surface area contributed by atoms with Crippen LogP contribution >= 0.6 is 0 Å². The van der Waals surface area contributed by atoms with E-state index in [2.05, 4.69) is 23.3 Å². The van der Waals surface area contributed by atoms with Crippen LogP contribution in [-0.4, -0.2) is 17.1 Å². The molecule has 1 fully saturated rings. The van der Waals surface area contributed by atoms with Crippen LogP contribution in [0.4, 0.5) is 0 Å². The van der Waals surface area contributed by atoms with Crippen molar-refractivity contribution in [1.82, 2.24) is 10.3 Å². The van der Waals surface area contributed by atoms with Gasteiger partial charge < -0.3 is 10.1 Å². The molecule has 0 amide bonds. The molecule has 1 aromatic rings. The number of nitrogens with one attached hydrogen (secondary N) is 1. The van der Waals surface area contributed by atoms with Gasteiger partial charge in [-0.1, -0.05) is 0 Å². The van der Waals surface area contributed by atoms with Gasteiger partial charge in [-0.3, -0.25) is 0 Å². The SMILES string of the molecule is Cc1cc(C)c(CNC2CC2)c(OC(C)C)n1. The van der Waals surface area contributed by atoms with Gasteiger partial charge in [-0.15, -0.1) is 0 Å². The lowest BCUT2D eigenvalue weighted by molar-refractivity contribution is 0.229. The number of pyridine rings is 1. The Bertz CT molecular complexity index is 397. The normalized spacial score (nSPS) is 15.4. The molecule has 0 saturated heterocycles. The van der Waals surface area contributed by atoms with Crippen molar-refractivity contribution < 1.29 is 4.74 Å². The fourth-order valence-corrected chi connectivity index (χ4v) is 1.90. The summed E-state index contributed by atoms with van der Waals surface area (Å²) >= 11 is 0. The van der Waals surface area contributed by atoms with Crippen molar-refractivity contribution in [2.45, 2.75) is 59.2 Å². The van der Waals surface area contributed by atoms with E-state index in [1.54, 1.807) is 0 Å². The highest BCUT2D eigenvalue weighted by atomic mass is 16.5. The number of hydrogen-bond donors (Lipinski definition) is 1. The highest BCUT2D eigenvalue weighted by molar-refractivity contribution is 5.36. The van der Waals surface area contributed by atoms with E-state index in [1.807, 2.05) is 20.8 Å². The van der Waals surface area contributed by atoms with Gasteiger partial charge in [0.2, 0.25) is 5.88 Å². The second-order valence-electron chi connectivity index (χ2n) is 5.19. The number of aromatic nitrogens is 1. The van der Waals surface area contributed by atoms with E-state index in [9.17, 15) is 0 Å². The average molecular weight is 234 g/mol. The van der Waals surface area contributed by atoms with Crippen molar-refractivity contribution in [2.24, 2.45) is 0 Å². The molecule has 17 heavy (non-hydrogen) atoms. The van der Waals surface area contributed by atoms with Crippen LogP contribution in [0.1, 0.15) is 43.5 Å². The van der Waals surface area contributed by atoms with Crippen LogP contribution in [-0.2, 0) is 6.54 Å². The first kappa shape index (κ1) is 12.4. The van der Waals surface area contributed by atoms with Crippen molar-refractivity contribution in [3.63, 3.8) is 0 Å². The molecule has 1 heterocycles. The van der Waals surface area contributed by atoms with E-state index >= 15 is 0 Å². The number of hydrogen-bond acceptors (Lipinski definition) is 3. The van der Waals surface area contributed by atoms with Crippen molar-refractivity contribution in [2.75, 3.05) is 0 Å². The first-order valence-corrected chi connectivity index (χ1v) is 6.43. The molecule has 1 aliphatic rings. The van der Waals surface area contributed by atoms with E-state index < -0.39 is 0 Å². The lowest BCUT2D eigenvalue weighted by Gasteiger charge is -2.16. The molecule has 1 saturated carbocycles. The summed E-state index contributed by atoms with van der Waals surface area (Å²) in [6.45, 7) is 9.09. The number of nitrogens with zero attached hydrogens (tertiary/aromatic N) is 1. The monoisotopic (exact) mass is 234 g/mol. The van der Waals surface area contributed by atoms with Gasteiger partial charge >= 0.3 is 0 Å². The molecule has 0 aliphatic heterocycles. The summed E-state index contributed by atoms with van der Waals surface area (Å²) in [5, 5.41) is 3.53. The molecule has 3 heteroatoms. The molecule has 2 rings (SSSR count). The van der Waals surface area contributed by atoms with Gasteiger partial charge in [0.25, 0.3) is 0 Å². The van der Waals surface area contributed by atoms with Crippen LogP contribution in [0.5, 0.6) is 5.88 Å². The van der Waals surface area contributed by atoms with Gasteiger partial charge in [-0.2, -0.15) is 0 Å². The molecule has 1 aliphatic carbocycles. The van der Waals surface area contributed by atoms with Crippen LogP contribution in [0.15, 0.2) is 6.07 Å². The predicted octanol–water partition coefficient (Wildman–Crippen LogP) is 2.74. The van der Waals surface area contributed by atoms with Gasteiger partial charge in [0.05, 0.1) is 6.10 Å². The van der Waals surface area contributed by atoms with Crippen molar-refractivity contribution in [1.29, 1.82) is 0 Å². The van der Waals surface area contributed by atoms with Crippen LogP contribution in [0.3, 0.4) is 0 Å². The number of aryl methyl sites for hydroxylation is 2. The van der Waals surface area contributed by atoms with E-state index in [0.717, 1.165) is 18.1 Å². The molecule has 0 radical (unpaired) electrons. The largest absolute Gasteiger partial charge is 0.475 e. The van der Waals surface area contributed by atoms with E-state index in [1.165, 1.54) is 24.0 Å². The minimum absolute atomic E-state index is 0.170. The van der Waals surface area contributed by atoms with Crippen LogP contribution in [0, 0.1) is 13.8 Å². The Kier molecular flexibility index (Phi) is 3.67. The molecule has 3 nitrogen and oxygen atoms in total. The minimum atomic E-state index is 0.170. The maximum absolute atomic E-state index is 5.81. The Morgan fingerprint density at radius 1 is 1.41 bits per heavy atom. The van der Waals surface area contributed by atoms with Gasteiger partial charge in [0.15, 0.2) is 0 Å². The van der Waals surface area contributed by atoms with Gasteiger partial charge in [-0.05, 0) is 52.2 Å². The Hall–Kier alpha value is -1.09. The summed E-state index contributed by atoms with van der Waals surface area (Å²) in [5.74, 6) is 0.797. The van der Waals surface area contributed by atoms with E-state index in [-0.39, 0.29) is 6.10 Å². The third kappa shape index (κ3) is 3.43. The highest BCUT2D eigenvalue weighted by Gasteiger charge is 2.21. The molecule has 0 spiro atoms. The summed E-state index contributed by atoms with van der Waals surface area (Å²) in [7, 11) is 0. The fraction of sp³-hybridized carbons (Fsp3) is 0.643. The molecular formula is C14H22N2O. The summed E-state index contributed by atoms with van der Waals surface area (Å²) < 4.78 is 5.81. The fourth-order valence-electron chi connectivity index (χ4n) is 1.90. The molecule has 0 aromatic carbocycles. The van der Waals surface area contributed by atoms with Crippen molar-refractivity contribution in [3.05, 3.63) is 22.9 Å². The molecule has 0 atom stereocenters. The third-order valence-electron chi connectivity index (χ3n) is 2.93. The lowest BCUT2D eigenvalue weighted by atomic mass is 10.1. The zero-order valence-corrected chi connectivity index (χ0v) is 11.2. The number of rotatable bonds is 5. The molecule has 1 aromatic heterocycles. The predicted molar refractivity (Wildman–Crippen MR) is 69.3 cm³/mol.